The number of thiazole rings is 1. The molecule has 2 bridgehead atoms. The number of carbonyl (C=O) groups is 1. The van der Waals surface area contributed by atoms with Gasteiger partial charge in [0.2, 0.25) is 0 Å². The number of carbonyl (C=O) groups excluding carboxylic acids is 1. The molecular formula is C30H38Cl2N6OS2. The van der Waals surface area contributed by atoms with Crippen molar-refractivity contribution in [3.05, 3.63) is 39.3 Å². The zero-order valence-electron chi connectivity index (χ0n) is 23.9. The first-order valence-corrected chi connectivity index (χ1v) is 17.3. The minimum atomic E-state index is -0.256. The fourth-order valence-corrected chi connectivity index (χ4v) is 9.14. The molecule has 3 atom stereocenters. The number of nitrogens with zero attached hydrogens (tertiary/aromatic N) is 5. The van der Waals surface area contributed by atoms with Crippen molar-refractivity contribution in [3.63, 3.8) is 0 Å². The molecule has 6 rings (SSSR count). The highest BCUT2D eigenvalue weighted by Crippen LogP contribution is 2.46. The summed E-state index contributed by atoms with van der Waals surface area (Å²) in [5.74, 6) is 1.22. The van der Waals surface area contributed by atoms with Crippen LogP contribution in [0.2, 0.25) is 10.0 Å². The second-order valence-corrected chi connectivity index (χ2v) is 14.4. The predicted molar refractivity (Wildman–Crippen MR) is 173 cm³/mol. The quantitative estimate of drug-likeness (QED) is 0.259. The second kappa shape index (κ2) is 12.4. The van der Waals surface area contributed by atoms with Crippen LogP contribution < -0.4 is 15.1 Å². The Hall–Kier alpha value is -1.91. The highest BCUT2D eigenvalue weighted by molar-refractivity contribution is 7.21. The molecule has 0 aliphatic carbocycles. The summed E-state index contributed by atoms with van der Waals surface area (Å²) in [6.07, 6.45) is 8.72. The number of piperazine rings is 1. The number of rotatable bonds is 9. The third kappa shape index (κ3) is 5.98. The first-order valence-electron chi connectivity index (χ1n) is 14.8. The molecule has 1 N–H and O–H groups in total. The minimum absolute atomic E-state index is 0.256. The van der Waals surface area contributed by atoms with Crippen molar-refractivity contribution in [2.75, 3.05) is 41.3 Å². The van der Waals surface area contributed by atoms with E-state index >= 15 is 0 Å². The molecule has 0 saturated carbocycles. The topological polar surface area (TPSA) is 64.6 Å². The Morgan fingerprint density at radius 2 is 1.98 bits per heavy atom. The largest absolute Gasteiger partial charge is 0.356 e. The number of fused-ring (bicyclic) bond motifs is 2. The van der Waals surface area contributed by atoms with Crippen LogP contribution >= 0.6 is 45.9 Å². The standard InChI is InChI=1S/C30H38Cl2N6OS2/c1-4-6-21(5-2)37-15-23-13-22(37)16-38(23)29-26(25-12-20(31)17-40-25)34-30(41-29)35-28(39)19-11-24(32)27(33-14-19)36-9-7-18(3)8-10-36/h11-12,14,17-18,21-23H,4-10,13,15-16H2,1-3H3,(H,34,35,39). The van der Waals surface area contributed by atoms with Crippen LogP contribution in [0.1, 0.15) is 69.7 Å². The maximum absolute atomic E-state index is 13.3. The average molecular weight is 634 g/mol. The van der Waals surface area contributed by atoms with E-state index in [1.807, 2.05) is 11.4 Å². The Morgan fingerprint density at radius 3 is 2.61 bits per heavy atom. The lowest BCUT2D eigenvalue weighted by molar-refractivity contribution is 0.102. The number of nitrogens with one attached hydrogen (secondary N) is 1. The van der Waals surface area contributed by atoms with Gasteiger partial charge in [-0.3, -0.25) is 15.0 Å². The van der Waals surface area contributed by atoms with Gasteiger partial charge >= 0.3 is 0 Å². The van der Waals surface area contributed by atoms with Gasteiger partial charge < -0.3 is 9.80 Å². The number of hydrogen-bond donors (Lipinski definition) is 1. The van der Waals surface area contributed by atoms with E-state index in [0.717, 1.165) is 66.3 Å². The molecule has 11 heteroatoms. The normalized spacial score (nSPS) is 22.1. The van der Waals surface area contributed by atoms with E-state index in [-0.39, 0.29) is 5.91 Å². The first-order chi connectivity index (χ1) is 19.8. The first kappa shape index (κ1) is 29.2. The number of likely N-dealkylation sites (tertiary alicyclic amines) is 1. The van der Waals surface area contributed by atoms with Crippen molar-refractivity contribution in [3.8, 4) is 10.6 Å². The van der Waals surface area contributed by atoms with Crippen molar-refractivity contribution in [2.45, 2.75) is 77.4 Å². The van der Waals surface area contributed by atoms with E-state index in [0.29, 0.717) is 38.9 Å². The third-order valence-electron chi connectivity index (χ3n) is 8.90. The van der Waals surface area contributed by atoms with Gasteiger partial charge in [-0.05, 0) is 50.2 Å². The number of piperidine rings is 1. The fourth-order valence-electron chi connectivity index (χ4n) is 6.67. The van der Waals surface area contributed by atoms with E-state index in [1.165, 1.54) is 25.7 Å². The van der Waals surface area contributed by atoms with Gasteiger partial charge in [0.05, 0.1) is 20.5 Å². The number of anilines is 3. The number of amides is 1. The lowest BCUT2D eigenvalue weighted by atomic mass is 9.99. The number of pyridine rings is 1. The van der Waals surface area contributed by atoms with Crippen molar-refractivity contribution < 1.29 is 4.79 Å². The third-order valence-corrected chi connectivity index (χ3v) is 11.5. The van der Waals surface area contributed by atoms with Gasteiger partial charge in [-0.15, -0.1) is 11.3 Å². The molecule has 3 fully saturated rings. The summed E-state index contributed by atoms with van der Waals surface area (Å²) >= 11 is 16.1. The Bertz CT molecular complexity index is 1390. The maximum Gasteiger partial charge on any atom is 0.259 e. The Kier molecular flexibility index (Phi) is 8.80. The van der Waals surface area contributed by atoms with Crippen molar-refractivity contribution in [2.24, 2.45) is 5.92 Å². The van der Waals surface area contributed by atoms with Crippen LogP contribution in [-0.4, -0.2) is 65.1 Å². The van der Waals surface area contributed by atoms with Gasteiger partial charge in [-0.25, -0.2) is 9.97 Å². The molecule has 1 amide bonds. The molecule has 7 nitrogen and oxygen atoms in total. The van der Waals surface area contributed by atoms with Crippen molar-refractivity contribution >= 4 is 67.7 Å². The molecule has 3 aliphatic heterocycles. The summed E-state index contributed by atoms with van der Waals surface area (Å²) in [4.78, 5) is 31.3. The maximum atomic E-state index is 13.3. The molecule has 41 heavy (non-hydrogen) atoms. The summed E-state index contributed by atoms with van der Waals surface area (Å²) < 4.78 is 0. The van der Waals surface area contributed by atoms with E-state index in [4.69, 9.17) is 28.2 Å². The fraction of sp³-hybridized carbons (Fsp3) is 0.567. The number of hydrogen-bond acceptors (Lipinski definition) is 8. The molecule has 0 spiro atoms. The lowest BCUT2D eigenvalue weighted by Gasteiger charge is -2.39. The summed E-state index contributed by atoms with van der Waals surface area (Å²) in [5, 5.41) is 7.87. The van der Waals surface area contributed by atoms with Gasteiger partial charge in [-0.1, -0.05) is 61.7 Å². The van der Waals surface area contributed by atoms with Crippen LogP contribution in [0.4, 0.5) is 16.0 Å². The molecule has 220 valence electrons. The molecule has 3 aromatic heterocycles. The highest BCUT2D eigenvalue weighted by atomic mass is 35.5. The molecular weight excluding hydrogens is 595 g/mol. The van der Waals surface area contributed by atoms with Gasteiger partial charge in [0.25, 0.3) is 5.91 Å². The zero-order valence-corrected chi connectivity index (χ0v) is 27.1. The number of halogens is 2. The predicted octanol–water partition coefficient (Wildman–Crippen LogP) is 7.90. The highest BCUT2D eigenvalue weighted by Gasteiger charge is 2.46. The van der Waals surface area contributed by atoms with Crippen LogP contribution in [0.3, 0.4) is 0 Å². The van der Waals surface area contributed by atoms with Gasteiger partial charge in [0.1, 0.15) is 16.5 Å². The second-order valence-electron chi connectivity index (χ2n) is 11.7. The monoisotopic (exact) mass is 632 g/mol. The Morgan fingerprint density at radius 1 is 1.17 bits per heavy atom. The van der Waals surface area contributed by atoms with E-state index in [1.54, 1.807) is 34.9 Å². The van der Waals surface area contributed by atoms with Crippen LogP contribution in [-0.2, 0) is 0 Å². The van der Waals surface area contributed by atoms with E-state index < -0.39 is 0 Å². The summed E-state index contributed by atoms with van der Waals surface area (Å²) in [5.41, 5.74) is 1.33. The smallest absolute Gasteiger partial charge is 0.259 e. The van der Waals surface area contributed by atoms with Crippen LogP contribution in [0.25, 0.3) is 10.6 Å². The molecule has 3 saturated heterocycles. The van der Waals surface area contributed by atoms with Gasteiger partial charge in [0.15, 0.2) is 5.13 Å². The lowest BCUT2D eigenvalue weighted by Crippen LogP contribution is -2.50. The Labute approximate surface area is 260 Å². The molecule has 3 aromatic rings. The molecule has 0 radical (unpaired) electrons. The van der Waals surface area contributed by atoms with Crippen LogP contribution in [0.15, 0.2) is 23.7 Å². The van der Waals surface area contributed by atoms with Crippen LogP contribution in [0.5, 0.6) is 0 Å². The van der Waals surface area contributed by atoms with Crippen molar-refractivity contribution in [1.29, 1.82) is 0 Å². The number of aromatic nitrogens is 2. The summed E-state index contributed by atoms with van der Waals surface area (Å²) in [6.45, 7) is 10.8. The molecule has 3 aliphatic rings. The SMILES string of the molecule is CCCC(CC)N1CC2CC1CN2c1sc(NC(=O)c2cnc(N3CCC(C)CC3)c(Cl)c2)nc1-c1cc(Cl)cs1. The van der Waals surface area contributed by atoms with Crippen molar-refractivity contribution in [1.82, 2.24) is 14.9 Å². The van der Waals surface area contributed by atoms with Gasteiger partial charge in [-0.2, -0.15) is 0 Å². The van der Waals surface area contributed by atoms with E-state index in [2.05, 4.69) is 45.8 Å². The average Bonchev–Trinajstić information content (AvgIpc) is 3.76. The Balaban J connectivity index is 1.21. The molecule has 6 heterocycles. The van der Waals surface area contributed by atoms with Crippen LogP contribution in [0, 0.1) is 5.92 Å². The number of thiophene rings is 1. The molecule has 0 aromatic carbocycles. The zero-order chi connectivity index (χ0) is 28.7. The minimum Gasteiger partial charge on any atom is -0.356 e. The summed E-state index contributed by atoms with van der Waals surface area (Å²) in [7, 11) is 0. The summed E-state index contributed by atoms with van der Waals surface area (Å²) in [6, 6.07) is 5.37. The molecule has 3 unspecified atom stereocenters. The van der Waals surface area contributed by atoms with Gasteiger partial charge in [0, 0.05) is 55.9 Å². The van der Waals surface area contributed by atoms with E-state index in [9.17, 15) is 4.79 Å².